The number of amides is 1. The highest BCUT2D eigenvalue weighted by molar-refractivity contribution is 5.85. The summed E-state index contributed by atoms with van der Waals surface area (Å²) in [5, 5.41) is 6.50. The third kappa shape index (κ3) is 4.66. The highest BCUT2D eigenvalue weighted by Gasteiger charge is 2.41. The number of rotatable bonds is 6. The van der Waals surface area contributed by atoms with Crippen molar-refractivity contribution in [1.82, 2.24) is 26.4 Å². The second kappa shape index (κ2) is 9.53. The Morgan fingerprint density at radius 1 is 1.38 bits per heavy atom. The molecule has 2 aliphatic heterocycles. The maximum Gasteiger partial charge on any atom is 0.238 e. The van der Waals surface area contributed by atoms with Crippen molar-refractivity contribution in [1.29, 1.82) is 0 Å². The largest absolute Gasteiger partial charge is 0.497 e. The molecule has 0 aliphatic carbocycles. The number of halogens is 1. The van der Waals surface area contributed by atoms with Gasteiger partial charge in [-0.25, -0.2) is 5.43 Å². The van der Waals surface area contributed by atoms with E-state index in [1.54, 1.807) is 7.11 Å². The van der Waals surface area contributed by atoms with Gasteiger partial charge in [0.2, 0.25) is 5.91 Å². The van der Waals surface area contributed by atoms with Crippen LogP contribution in [0.3, 0.4) is 0 Å². The number of ether oxygens (including phenoxy) is 1. The Morgan fingerprint density at radius 2 is 2.19 bits per heavy atom. The number of carbonyl (C=O) groups excluding carboxylic acids is 1. The molecule has 0 saturated carbocycles. The van der Waals surface area contributed by atoms with E-state index < -0.39 is 0 Å². The first-order valence-corrected chi connectivity index (χ1v) is 8.90. The van der Waals surface area contributed by atoms with Crippen LogP contribution in [0.15, 0.2) is 24.3 Å². The van der Waals surface area contributed by atoms with Crippen molar-refractivity contribution in [3.05, 3.63) is 29.8 Å². The number of benzene rings is 1. The Balaban J connectivity index is 0.00000243. The standard InChI is InChI=1S/C18H29N5O2.ClH/c1-23(2)16(12-5-4-6-13(9-12)25-3)11-20-18(24)17-14-10-19-8-7-15(14)21-22-17;/h4-6,9,14-17,19,21-22H,7-8,10-11H2,1-3H3,(H,20,24);1H. The summed E-state index contributed by atoms with van der Waals surface area (Å²) in [6, 6.07) is 8.27. The van der Waals surface area contributed by atoms with Crippen LogP contribution in [0.1, 0.15) is 18.0 Å². The number of nitrogens with zero attached hydrogens (tertiary/aromatic N) is 1. The Kier molecular flexibility index (Phi) is 7.67. The van der Waals surface area contributed by atoms with E-state index in [0.717, 1.165) is 30.8 Å². The van der Waals surface area contributed by atoms with Crippen LogP contribution in [-0.2, 0) is 4.79 Å². The molecule has 0 aromatic heterocycles. The molecule has 8 heteroatoms. The van der Waals surface area contributed by atoms with Crippen molar-refractivity contribution in [3.8, 4) is 5.75 Å². The van der Waals surface area contributed by atoms with Gasteiger partial charge in [-0.05, 0) is 44.8 Å². The summed E-state index contributed by atoms with van der Waals surface area (Å²) in [5.74, 6) is 1.18. The molecule has 2 aliphatic rings. The van der Waals surface area contributed by atoms with Gasteiger partial charge in [0.25, 0.3) is 0 Å². The van der Waals surface area contributed by atoms with E-state index in [4.69, 9.17) is 4.74 Å². The molecule has 4 atom stereocenters. The predicted octanol–water partition coefficient (Wildman–Crippen LogP) is 0.290. The molecule has 2 heterocycles. The molecule has 3 rings (SSSR count). The van der Waals surface area contributed by atoms with Gasteiger partial charge in [0.05, 0.1) is 13.2 Å². The average molecular weight is 384 g/mol. The minimum atomic E-state index is -0.189. The number of hydrogen-bond acceptors (Lipinski definition) is 6. The van der Waals surface area contributed by atoms with Crippen molar-refractivity contribution in [2.45, 2.75) is 24.5 Å². The SMILES string of the molecule is COc1cccc(C(CNC(=O)C2NNC3CCNCC32)N(C)C)c1.Cl. The van der Waals surface area contributed by atoms with E-state index in [0.29, 0.717) is 18.5 Å². The van der Waals surface area contributed by atoms with E-state index in [1.807, 2.05) is 32.3 Å². The van der Waals surface area contributed by atoms with Gasteiger partial charge in [-0.2, -0.15) is 0 Å². The Labute approximate surface area is 161 Å². The van der Waals surface area contributed by atoms with E-state index >= 15 is 0 Å². The van der Waals surface area contributed by atoms with Crippen LogP contribution in [0, 0.1) is 5.92 Å². The number of likely N-dealkylation sites (N-methyl/N-ethyl adjacent to an activating group) is 1. The van der Waals surface area contributed by atoms with Gasteiger partial charge in [0.15, 0.2) is 0 Å². The quantitative estimate of drug-likeness (QED) is 0.565. The molecule has 0 spiro atoms. The topological polar surface area (TPSA) is 77.7 Å². The number of hydrazine groups is 1. The summed E-state index contributed by atoms with van der Waals surface area (Å²) in [7, 11) is 5.71. The van der Waals surface area contributed by atoms with Gasteiger partial charge in [0.1, 0.15) is 11.8 Å². The minimum Gasteiger partial charge on any atom is -0.497 e. The monoisotopic (exact) mass is 383 g/mol. The zero-order valence-electron chi connectivity index (χ0n) is 15.6. The van der Waals surface area contributed by atoms with E-state index in [1.165, 1.54) is 0 Å². The number of fused-ring (bicyclic) bond motifs is 1. The predicted molar refractivity (Wildman–Crippen MR) is 105 cm³/mol. The van der Waals surface area contributed by atoms with E-state index in [-0.39, 0.29) is 30.4 Å². The van der Waals surface area contributed by atoms with Crippen LogP contribution in [0.4, 0.5) is 0 Å². The van der Waals surface area contributed by atoms with E-state index in [9.17, 15) is 4.79 Å². The van der Waals surface area contributed by atoms with Gasteiger partial charge < -0.3 is 20.3 Å². The normalized spacial score (nSPS) is 25.9. The zero-order valence-corrected chi connectivity index (χ0v) is 16.4. The molecular weight excluding hydrogens is 354 g/mol. The Morgan fingerprint density at radius 3 is 2.92 bits per heavy atom. The van der Waals surface area contributed by atoms with Crippen molar-refractivity contribution in [3.63, 3.8) is 0 Å². The van der Waals surface area contributed by atoms with Gasteiger partial charge in [-0.3, -0.25) is 10.2 Å². The lowest BCUT2D eigenvalue weighted by molar-refractivity contribution is -0.124. The van der Waals surface area contributed by atoms with Gasteiger partial charge in [-0.15, -0.1) is 12.4 Å². The molecule has 2 saturated heterocycles. The summed E-state index contributed by atoms with van der Waals surface area (Å²) in [5.41, 5.74) is 7.57. The first kappa shape index (κ1) is 20.9. The van der Waals surface area contributed by atoms with Crippen molar-refractivity contribution < 1.29 is 9.53 Å². The molecule has 0 bridgehead atoms. The maximum atomic E-state index is 12.7. The third-order valence-electron chi connectivity index (χ3n) is 5.24. The number of piperidine rings is 1. The maximum absolute atomic E-state index is 12.7. The Bertz CT molecular complexity index is 601. The van der Waals surface area contributed by atoms with Crippen LogP contribution >= 0.6 is 12.4 Å². The Hall–Kier alpha value is -1.38. The first-order valence-electron chi connectivity index (χ1n) is 8.90. The molecule has 7 nitrogen and oxygen atoms in total. The van der Waals surface area contributed by atoms with Gasteiger partial charge in [-0.1, -0.05) is 12.1 Å². The highest BCUT2D eigenvalue weighted by Crippen LogP contribution is 2.23. The first-order chi connectivity index (χ1) is 12.1. The zero-order chi connectivity index (χ0) is 17.8. The summed E-state index contributed by atoms with van der Waals surface area (Å²) in [6.45, 7) is 2.43. The van der Waals surface area contributed by atoms with Crippen molar-refractivity contribution in [2.24, 2.45) is 5.92 Å². The number of methoxy groups -OCH3 is 1. The molecule has 26 heavy (non-hydrogen) atoms. The van der Waals surface area contributed by atoms with Crippen LogP contribution < -0.4 is 26.2 Å². The minimum absolute atomic E-state index is 0. The summed E-state index contributed by atoms with van der Waals surface area (Å²) in [6.07, 6.45) is 1.05. The number of nitrogens with one attached hydrogen (secondary N) is 4. The molecule has 146 valence electrons. The van der Waals surface area contributed by atoms with Gasteiger partial charge >= 0.3 is 0 Å². The fourth-order valence-electron chi connectivity index (χ4n) is 3.73. The molecule has 4 unspecified atom stereocenters. The smallest absolute Gasteiger partial charge is 0.238 e. The summed E-state index contributed by atoms with van der Waals surface area (Å²) >= 11 is 0. The lowest BCUT2D eigenvalue weighted by atomic mass is 9.89. The molecule has 1 aromatic rings. The fraction of sp³-hybridized carbons (Fsp3) is 0.611. The third-order valence-corrected chi connectivity index (χ3v) is 5.24. The lowest BCUT2D eigenvalue weighted by Crippen LogP contribution is -2.50. The van der Waals surface area contributed by atoms with Crippen LogP contribution in [0.25, 0.3) is 0 Å². The highest BCUT2D eigenvalue weighted by atomic mass is 35.5. The number of hydrogen-bond donors (Lipinski definition) is 4. The fourth-order valence-corrected chi connectivity index (χ4v) is 3.73. The molecule has 2 fully saturated rings. The molecule has 1 aromatic carbocycles. The van der Waals surface area contributed by atoms with Crippen LogP contribution in [-0.4, -0.2) is 63.7 Å². The van der Waals surface area contributed by atoms with E-state index in [2.05, 4.69) is 32.5 Å². The second-order valence-corrected chi connectivity index (χ2v) is 7.03. The average Bonchev–Trinajstić information content (AvgIpc) is 3.06. The molecular formula is C18H30ClN5O2. The second-order valence-electron chi connectivity index (χ2n) is 7.03. The van der Waals surface area contributed by atoms with Crippen LogP contribution in [0.5, 0.6) is 5.75 Å². The van der Waals surface area contributed by atoms with Crippen LogP contribution in [0.2, 0.25) is 0 Å². The number of carbonyl (C=O) groups is 1. The van der Waals surface area contributed by atoms with Crippen molar-refractivity contribution in [2.75, 3.05) is 40.8 Å². The summed E-state index contributed by atoms with van der Waals surface area (Å²) in [4.78, 5) is 14.8. The lowest BCUT2D eigenvalue weighted by Gasteiger charge is -2.29. The summed E-state index contributed by atoms with van der Waals surface area (Å²) < 4.78 is 5.32. The molecule has 4 N–H and O–H groups in total. The van der Waals surface area contributed by atoms with Gasteiger partial charge in [0, 0.05) is 25.0 Å². The molecule has 0 radical (unpaired) electrons. The molecule has 1 amide bonds. The van der Waals surface area contributed by atoms with Crippen molar-refractivity contribution >= 4 is 18.3 Å².